The first-order valence-corrected chi connectivity index (χ1v) is 5.14. The van der Waals surface area contributed by atoms with Crippen molar-refractivity contribution < 1.29 is 43.8 Å². The molecular formula is C13H9FNNaO2. The first-order chi connectivity index (χ1) is 8.19. The molecule has 1 aliphatic carbocycles. The number of ether oxygens (including phenoxy) is 1. The molecule has 0 atom stereocenters. The van der Waals surface area contributed by atoms with Crippen LogP contribution in [0, 0.1) is 17.1 Å². The van der Waals surface area contributed by atoms with Gasteiger partial charge < -0.3 is 9.84 Å². The summed E-state index contributed by atoms with van der Waals surface area (Å²) >= 11 is 0. The Bertz CT molecular complexity index is 573. The molecule has 0 aromatic heterocycles. The van der Waals surface area contributed by atoms with E-state index in [1.807, 2.05) is 6.07 Å². The Hall–Kier alpha value is -1.28. The molecule has 0 aliphatic heterocycles. The van der Waals surface area contributed by atoms with Crippen LogP contribution in [0.25, 0.3) is 11.1 Å². The Labute approximate surface area is 126 Å². The maximum absolute atomic E-state index is 13.6. The van der Waals surface area contributed by atoms with Crippen LogP contribution < -0.4 is 34.7 Å². The minimum absolute atomic E-state index is 0. The number of rotatable bonds is 2. The summed E-state index contributed by atoms with van der Waals surface area (Å²) in [5.41, 5.74) is 0.983. The molecule has 0 N–H and O–H groups in total. The van der Waals surface area contributed by atoms with Crippen LogP contribution in [-0.2, 0) is 4.74 Å². The second-order valence-electron chi connectivity index (χ2n) is 3.47. The van der Waals surface area contributed by atoms with Crippen molar-refractivity contribution in [2.75, 3.05) is 6.61 Å². The molecule has 0 unspecified atom stereocenters. The van der Waals surface area contributed by atoms with Crippen molar-refractivity contribution in [2.24, 2.45) is 0 Å². The van der Waals surface area contributed by atoms with Crippen molar-refractivity contribution in [3.8, 4) is 6.07 Å². The van der Waals surface area contributed by atoms with Gasteiger partial charge in [-0.05, 0) is 24.3 Å². The quantitative estimate of drug-likeness (QED) is 0.492. The molecule has 3 nitrogen and oxygen atoms in total. The predicted octanol–water partition coefficient (Wildman–Crippen LogP) is -1.18. The van der Waals surface area contributed by atoms with Gasteiger partial charge in [-0.15, -0.1) is 0 Å². The van der Waals surface area contributed by atoms with Crippen LogP contribution in [0.5, 0.6) is 0 Å². The Morgan fingerprint density at radius 3 is 2.83 bits per heavy atom. The summed E-state index contributed by atoms with van der Waals surface area (Å²) in [5.74, 6) is -1.04. The summed E-state index contributed by atoms with van der Waals surface area (Å²) in [7, 11) is 0. The third-order valence-corrected chi connectivity index (χ3v) is 2.48. The van der Waals surface area contributed by atoms with Crippen LogP contribution in [0.3, 0.4) is 0 Å². The van der Waals surface area contributed by atoms with E-state index in [0.717, 1.165) is 0 Å². The van der Waals surface area contributed by atoms with Crippen molar-refractivity contribution in [3.63, 3.8) is 0 Å². The van der Waals surface area contributed by atoms with Gasteiger partial charge in [0.1, 0.15) is 5.82 Å². The van der Waals surface area contributed by atoms with E-state index in [1.165, 1.54) is 18.2 Å². The van der Waals surface area contributed by atoms with Gasteiger partial charge in [-0.2, -0.15) is 5.26 Å². The van der Waals surface area contributed by atoms with Crippen LogP contribution in [0.2, 0.25) is 0 Å². The summed E-state index contributed by atoms with van der Waals surface area (Å²) in [6, 6.07) is 6.25. The molecule has 2 rings (SSSR count). The third kappa shape index (κ3) is 2.44. The smallest absolute Gasteiger partial charge is 0.613 e. The monoisotopic (exact) mass is 253 g/mol. The number of allylic oxidation sites excluding steroid dienone is 3. The van der Waals surface area contributed by atoms with Gasteiger partial charge in [0, 0.05) is 11.1 Å². The van der Waals surface area contributed by atoms with Crippen molar-refractivity contribution in [1.29, 1.82) is 5.26 Å². The molecule has 1 aromatic rings. The minimum atomic E-state index is -0.537. The topological polar surface area (TPSA) is 56.1 Å². The molecule has 1 aliphatic rings. The van der Waals surface area contributed by atoms with Crippen LogP contribution in [0.15, 0.2) is 30.2 Å². The third-order valence-electron chi connectivity index (χ3n) is 2.48. The van der Waals surface area contributed by atoms with E-state index >= 15 is 0 Å². The van der Waals surface area contributed by atoms with Crippen LogP contribution >= 0.6 is 0 Å². The molecule has 0 fully saturated rings. The van der Waals surface area contributed by atoms with Gasteiger partial charge in [0.25, 0.3) is 0 Å². The maximum Gasteiger partial charge on any atom is 1.00 e. The van der Waals surface area contributed by atoms with Crippen molar-refractivity contribution in [3.05, 3.63) is 47.2 Å². The number of hydrogen-bond acceptors (Lipinski definition) is 3. The Morgan fingerprint density at radius 1 is 1.50 bits per heavy atom. The fourth-order valence-electron chi connectivity index (χ4n) is 1.78. The fourth-order valence-corrected chi connectivity index (χ4v) is 1.78. The van der Waals surface area contributed by atoms with Crippen molar-refractivity contribution >= 4 is 11.1 Å². The predicted molar refractivity (Wildman–Crippen MR) is 58.5 cm³/mol. The molecule has 0 amide bonds. The fraction of sp³-hybridized carbons (Fsp3) is 0.154. The van der Waals surface area contributed by atoms with E-state index in [4.69, 9.17) is 10.00 Å². The summed E-state index contributed by atoms with van der Waals surface area (Å²) in [4.78, 5) is 0. The van der Waals surface area contributed by atoms with Crippen LogP contribution in [0.1, 0.15) is 18.1 Å². The molecule has 18 heavy (non-hydrogen) atoms. The van der Waals surface area contributed by atoms with E-state index in [0.29, 0.717) is 5.56 Å². The molecule has 0 heterocycles. The number of halogens is 1. The minimum Gasteiger partial charge on any atom is -0.613 e. The average molecular weight is 253 g/mol. The number of nitriles is 1. The van der Waals surface area contributed by atoms with E-state index in [9.17, 15) is 9.50 Å². The summed E-state index contributed by atoms with van der Waals surface area (Å²) in [6.45, 7) is 1.93. The van der Waals surface area contributed by atoms with Gasteiger partial charge in [-0.3, -0.25) is 0 Å². The first kappa shape index (κ1) is 14.8. The van der Waals surface area contributed by atoms with Gasteiger partial charge in [-0.1, -0.05) is 19.1 Å². The molecule has 0 bridgehead atoms. The molecule has 86 valence electrons. The number of fused-ring (bicyclic) bond motifs is 1. The second kappa shape index (κ2) is 6.05. The van der Waals surface area contributed by atoms with E-state index in [-0.39, 0.29) is 52.9 Å². The van der Waals surface area contributed by atoms with Crippen molar-refractivity contribution in [1.82, 2.24) is 0 Å². The number of hydrogen-bond donors (Lipinski definition) is 0. The Kier molecular flexibility index (Phi) is 4.97. The average Bonchev–Trinajstić information content (AvgIpc) is 2.69. The molecule has 5 heteroatoms. The van der Waals surface area contributed by atoms with Crippen molar-refractivity contribution in [2.45, 2.75) is 6.92 Å². The molecule has 0 saturated heterocycles. The van der Waals surface area contributed by atoms with E-state index in [1.54, 1.807) is 13.0 Å². The van der Waals surface area contributed by atoms with Gasteiger partial charge in [0.15, 0.2) is 0 Å². The molecular weight excluding hydrogens is 244 g/mol. The van der Waals surface area contributed by atoms with Gasteiger partial charge in [-0.25, -0.2) is 4.39 Å². The molecule has 1 aromatic carbocycles. The van der Waals surface area contributed by atoms with Gasteiger partial charge in [0.05, 0.1) is 17.6 Å². The Balaban J connectivity index is 0.00000162. The normalized spacial score (nSPS) is 15.1. The number of nitrogens with zero attached hydrogens (tertiary/aromatic N) is 1. The zero-order valence-corrected chi connectivity index (χ0v) is 12.2. The summed E-state index contributed by atoms with van der Waals surface area (Å²) in [5, 5.41) is 20.6. The number of benzene rings is 1. The SMILES string of the molecule is CCO/C([O-])=C1\C=C(C#N)c2c(F)cccc21.[Na+]. The molecule has 0 saturated carbocycles. The standard InChI is InChI=1S/C13H10FNO2.Na/c1-2-17-13(16)10-6-8(7-15)12-9(10)4-3-5-11(12)14;/h3-6,16H,2H2,1H3;/q;+1/p-1/b13-10+;. The largest absolute Gasteiger partial charge is 1.00 e. The second-order valence-corrected chi connectivity index (χ2v) is 3.47. The summed E-state index contributed by atoms with van der Waals surface area (Å²) < 4.78 is 18.5. The van der Waals surface area contributed by atoms with E-state index < -0.39 is 11.8 Å². The van der Waals surface area contributed by atoms with Gasteiger partial charge in [0.2, 0.25) is 0 Å². The van der Waals surface area contributed by atoms with Crippen LogP contribution in [-0.4, -0.2) is 6.61 Å². The van der Waals surface area contributed by atoms with Gasteiger partial charge >= 0.3 is 29.6 Å². The summed E-state index contributed by atoms with van der Waals surface area (Å²) in [6.07, 6.45) is 1.37. The van der Waals surface area contributed by atoms with Crippen LogP contribution in [0.4, 0.5) is 4.39 Å². The first-order valence-electron chi connectivity index (χ1n) is 5.14. The Morgan fingerprint density at radius 2 is 2.22 bits per heavy atom. The zero-order chi connectivity index (χ0) is 12.4. The zero-order valence-electron chi connectivity index (χ0n) is 10.2. The van der Waals surface area contributed by atoms with E-state index in [2.05, 4.69) is 0 Å². The molecule has 0 radical (unpaired) electrons. The molecule has 0 spiro atoms. The maximum atomic E-state index is 13.6.